The number of hydrogen-bond donors (Lipinski definition) is 0. The predicted molar refractivity (Wildman–Crippen MR) is 115 cm³/mol. The molecule has 0 aromatic heterocycles. The van der Waals surface area contributed by atoms with Crippen LogP contribution in [-0.2, 0) is 5.41 Å². The highest BCUT2D eigenvalue weighted by molar-refractivity contribution is 6.01. The lowest BCUT2D eigenvalue weighted by atomic mass is 9.80. The van der Waals surface area contributed by atoms with Crippen LogP contribution in [0, 0.1) is 0 Å². The molecule has 0 aliphatic carbocycles. The Morgan fingerprint density at radius 3 is 2.15 bits per heavy atom. The van der Waals surface area contributed by atoms with E-state index in [1.54, 1.807) is 0 Å². The van der Waals surface area contributed by atoms with Gasteiger partial charge >= 0.3 is 0 Å². The lowest BCUT2D eigenvalue weighted by Gasteiger charge is -2.17. The van der Waals surface area contributed by atoms with Crippen molar-refractivity contribution in [3.8, 4) is 0 Å². The first-order valence-electron chi connectivity index (χ1n) is 10.7. The molecular formula is C25H36IN. The second kappa shape index (κ2) is 10.0. The summed E-state index contributed by atoms with van der Waals surface area (Å²) < 4.78 is 2.60. The summed E-state index contributed by atoms with van der Waals surface area (Å²) in [5.41, 5.74) is 4.59. The van der Waals surface area contributed by atoms with Crippen LogP contribution in [0.25, 0.3) is 10.8 Å². The third-order valence-corrected chi connectivity index (χ3v) is 6.37. The number of fused-ring (bicyclic) bond motifs is 3. The molecule has 1 heterocycles. The Morgan fingerprint density at radius 2 is 1.44 bits per heavy atom. The van der Waals surface area contributed by atoms with Crippen molar-refractivity contribution in [2.24, 2.45) is 0 Å². The molecule has 3 rings (SSSR count). The van der Waals surface area contributed by atoms with Gasteiger partial charge in [-0.05, 0) is 37.1 Å². The zero-order valence-corrected chi connectivity index (χ0v) is 19.8. The minimum atomic E-state index is 0. The highest BCUT2D eigenvalue weighted by Crippen LogP contribution is 2.43. The fourth-order valence-corrected chi connectivity index (χ4v) is 4.53. The van der Waals surface area contributed by atoms with Gasteiger partial charge in [0, 0.05) is 25.0 Å². The molecule has 2 aromatic carbocycles. The number of benzene rings is 2. The smallest absolute Gasteiger partial charge is 0.210 e. The van der Waals surface area contributed by atoms with E-state index in [0.717, 1.165) is 6.54 Å². The SMILES string of the molecule is CCCCCCCCCC[N+]1=C(C)C(C)(C)c2c1ccc1ccccc21.[I-]. The van der Waals surface area contributed by atoms with Gasteiger partial charge in [-0.15, -0.1) is 0 Å². The van der Waals surface area contributed by atoms with Crippen LogP contribution in [0.3, 0.4) is 0 Å². The number of nitrogens with zero attached hydrogens (tertiary/aromatic N) is 1. The van der Waals surface area contributed by atoms with Crippen LogP contribution in [0.1, 0.15) is 84.6 Å². The van der Waals surface area contributed by atoms with Gasteiger partial charge in [-0.1, -0.05) is 69.7 Å². The second-order valence-electron chi connectivity index (χ2n) is 8.52. The maximum Gasteiger partial charge on any atom is 0.210 e. The van der Waals surface area contributed by atoms with Crippen LogP contribution in [0.5, 0.6) is 0 Å². The zero-order chi connectivity index (χ0) is 18.6. The van der Waals surface area contributed by atoms with Gasteiger partial charge in [0.25, 0.3) is 0 Å². The number of hydrogen-bond acceptors (Lipinski definition) is 0. The van der Waals surface area contributed by atoms with Crippen LogP contribution in [-0.4, -0.2) is 16.8 Å². The van der Waals surface area contributed by atoms with Gasteiger partial charge in [0.2, 0.25) is 5.69 Å². The lowest BCUT2D eigenvalue weighted by molar-refractivity contribution is -0.439. The van der Waals surface area contributed by atoms with E-state index in [-0.39, 0.29) is 29.4 Å². The Balaban J connectivity index is 0.00000261. The molecule has 148 valence electrons. The Kier molecular flexibility index (Phi) is 8.33. The number of rotatable bonds is 9. The average molecular weight is 477 g/mol. The molecule has 0 amide bonds. The summed E-state index contributed by atoms with van der Waals surface area (Å²) in [5.74, 6) is 0. The van der Waals surface area contributed by atoms with Crippen LogP contribution in [0.15, 0.2) is 36.4 Å². The van der Waals surface area contributed by atoms with Gasteiger partial charge in [-0.25, -0.2) is 0 Å². The van der Waals surface area contributed by atoms with E-state index in [4.69, 9.17) is 0 Å². The molecule has 0 saturated heterocycles. The first-order chi connectivity index (χ1) is 12.6. The average Bonchev–Trinajstić information content (AvgIpc) is 2.84. The maximum atomic E-state index is 2.60. The normalized spacial score (nSPS) is 15.1. The van der Waals surface area contributed by atoms with Crippen molar-refractivity contribution < 1.29 is 28.6 Å². The van der Waals surface area contributed by atoms with Gasteiger partial charge in [0.05, 0.1) is 5.41 Å². The molecule has 0 bridgehead atoms. The molecule has 0 unspecified atom stereocenters. The van der Waals surface area contributed by atoms with Gasteiger partial charge in [0.15, 0.2) is 5.71 Å². The van der Waals surface area contributed by atoms with Crippen molar-refractivity contribution in [1.82, 2.24) is 0 Å². The molecule has 0 N–H and O–H groups in total. The minimum absolute atomic E-state index is 0. The molecule has 0 saturated carbocycles. The topological polar surface area (TPSA) is 3.01 Å². The minimum Gasteiger partial charge on any atom is -1.00 e. The monoisotopic (exact) mass is 477 g/mol. The molecule has 2 aromatic rings. The highest BCUT2D eigenvalue weighted by atomic mass is 127. The standard InChI is InChI=1S/C25H36N.HI/c1-5-6-7-8-9-10-11-14-19-26-20(2)25(3,4)24-22-16-13-12-15-21(22)17-18-23(24)26;/h12-13,15-18H,5-11,14,19H2,1-4H3;1H/q+1;/p-1. The van der Waals surface area contributed by atoms with E-state index in [2.05, 4.69) is 68.7 Å². The molecule has 1 aliphatic rings. The van der Waals surface area contributed by atoms with E-state index in [0.29, 0.717) is 0 Å². The molecule has 0 fully saturated rings. The van der Waals surface area contributed by atoms with Crippen LogP contribution >= 0.6 is 0 Å². The summed E-state index contributed by atoms with van der Waals surface area (Å²) in [6.07, 6.45) is 11.1. The molecule has 0 atom stereocenters. The lowest BCUT2D eigenvalue weighted by Crippen LogP contribution is -3.00. The van der Waals surface area contributed by atoms with Crippen LogP contribution < -0.4 is 24.0 Å². The van der Waals surface area contributed by atoms with Crippen molar-refractivity contribution in [3.05, 3.63) is 42.0 Å². The summed E-state index contributed by atoms with van der Waals surface area (Å²) in [6, 6.07) is 13.5. The molecule has 1 nitrogen and oxygen atoms in total. The zero-order valence-electron chi connectivity index (χ0n) is 17.7. The fraction of sp³-hybridized carbons (Fsp3) is 0.560. The highest BCUT2D eigenvalue weighted by Gasteiger charge is 2.43. The molecule has 1 aliphatic heterocycles. The van der Waals surface area contributed by atoms with E-state index in [9.17, 15) is 0 Å². The fourth-order valence-electron chi connectivity index (χ4n) is 4.53. The first-order valence-corrected chi connectivity index (χ1v) is 10.7. The van der Waals surface area contributed by atoms with Gasteiger partial charge in [-0.2, -0.15) is 4.58 Å². The van der Waals surface area contributed by atoms with Crippen molar-refractivity contribution in [2.75, 3.05) is 6.54 Å². The molecule has 2 heteroatoms. The summed E-state index contributed by atoms with van der Waals surface area (Å²) in [7, 11) is 0. The summed E-state index contributed by atoms with van der Waals surface area (Å²) >= 11 is 0. The van der Waals surface area contributed by atoms with Gasteiger partial charge < -0.3 is 24.0 Å². The third kappa shape index (κ3) is 4.75. The van der Waals surface area contributed by atoms with E-state index in [1.807, 2.05) is 0 Å². The summed E-state index contributed by atoms with van der Waals surface area (Å²) in [5, 5.41) is 2.79. The summed E-state index contributed by atoms with van der Waals surface area (Å²) in [4.78, 5) is 0. The Bertz CT molecular complexity index is 788. The van der Waals surface area contributed by atoms with Crippen LogP contribution in [0.4, 0.5) is 5.69 Å². The largest absolute Gasteiger partial charge is 1.00 e. The van der Waals surface area contributed by atoms with Crippen molar-refractivity contribution in [1.29, 1.82) is 0 Å². The van der Waals surface area contributed by atoms with Gasteiger partial charge in [-0.3, -0.25) is 0 Å². The molecule has 0 radical (unpaired) electrons. The van der Waals surface area contributed by atoms with Crippen molar-refractivity contribution in [3.63, 3.8) is 0 Å². The predicted octanol–water partition coefficient (Wildman–Crippen LogP) is 4.38. The van der Waals surface area contributed by atoms with E-state index in [1.165, 1.54) is 79.1 Å². The van der Waals surface area contributed by atoms with Crippen LogP contribution in [0.2, 0.25) is 0 Å². The van der Waals surface area contributed by atoms with E-state index >= 15 is 0 Å². The first kappa shape index (κ1) is 22.4. The van der Waals surface area contributed by atoms with Crippen molar-refractivity contribution in [2.45, 2.75) is 84.5 Å². The Morgan fingerprint density at radius 1 is 0.815 bits per heavy atom. The number of halogens is 1. The van der Waals surface area contributed by atoms with Crippen molar-refractivity contribution >= 4 is 22.2 Å². The molecule has 0 spiro atoms. The summed E-state index contributed by atoms with van der Waals surface area (Å²) in [6.45, 7) is 10.6. The molecule has 27 heavy (non-hydrogen) atoms. The maximum absolute atomic E-state index is 2.60. The number of unbranched alkanes of at least 4 members (excludes halogenated alkanes) is 7. The quantitative estimate of drug-likeness (QED) is 0.287. The van der Waals surface area contributed by atoms with E-state index < -0.39 is 0 Å². The Labute approximate surface area is 183 Å². The molecular weight excluding hydrogens is 441 g/mol. The Hall–Kier alpha value is -0.900. The third-order valence-electron chi connectivity index (χ3n) is 6.37. The second-order valence-corrected chi connectivity index (χ2v) is 8.52. The van der Waals surface area contributed by atoms with Gasteiger partial charge in [0.1, 0.15) is 6.54 Å².